The fourth-order valence-corrected chi connectivity index (χ4v) is 2.63. The maximum absolute atomic E-state index is 12.2. The molecule has 0 spiro atoms. The van der Waals surface area contributed by atoms with Crippen molar-refractivity contribution in [2.24, 2.45) is 4.99 Å². The summed E-state index contributed by atoms with van der Waals surface area (Å²) in [6.45, 7) is 3.93. The van der Waals surface area contributed by atoms with E-state index >= 15 is 0 Å². The van der Waals surface area contributed by atoms with Crippen molar-refractivity contribution < 1.29 is 9.53 Å². The van der Waals surface area contributed by atoms with Crippen LogP contribution in [-0.2, 0) is 4.79 Å². The van der Waals surface area contributed by atoms with Gasteiger partial charge in [-0.2, -0.15) is 0 Å². The van der Waals surface area contributed by atoms with E-state index in [2.05, 4.69) is 10.3 Å². The van der Waals surface area contributed by atoms with Gasteiger partial charge in [0.2, 0.25) is 0 Å². The van der Waals surface area contributed by atoms with Crippen LogP contribution < -0.4 is 10.1 Å². The highest BCUT2D eigenvalue weighted by atomic mass is 16.5. The number of amides is 1. The van der Waals surface area contributed by atoms with E-state index in [0.717, 1.165) is 28.1 Å². The number of nitrogens with one attached hydrogen (secondary N) is 1. The summed E-state index contributed by atoms with van der Waals surface area (Å²) >= 11 is 0. The average molecular weight is 358 g/mol. The first-order valence-corrected chi connectivity index (χ1v) is 8.80. The van der Waals surface area contributed by atoms with E-state index in [1.807, 2.05) is 86.6 Å². The highest BCUT2D eigenvalue weighted by Crippen LogP contribution is 2.20. The molecule has 0 saturated heterocycles. The smallest absolute Gasteiger partial charge is 0.262 e. The maximum atomic E-state index is 12.2. The summed E-state index contributed by atoms with van der Waals surface area (Å²) in [7, 11) is 0. The molecule has 3 rings (SSSR count). The number of anilines is 1. The lowest BCUT2D eigenvalue weighted by Crippen LogP contribution is -2.20. The molecule has 0 aliphatic rings. The van der Waals surface area contributed by atoms with Crippen LogP contribution in [0.5, 0.6) is 5.75 Å². The Bertz CT molecular complexity index is 964. The van der Waals surface area contributed by atoms with Crippen molar-refractivity contribution in [3.63, 3.8) is 0 Å². The van der Waals surface area contributed by atoms with Gasteiger partial charge in [-0.05, 0) is 55.3 Å². The summed E-state index contributed by atoms with van der Waals surface area (Å²) in [6, 6.07) is 23.1. The minimum Gasteiger partial charge on any atom is -0.483 e. The Balaban J connectivity index is 1.65. The van der Waals surface area contributed by atoms with Crippen molar-refractivity contribution in [3.8, 4) is 5.75 Å². The van der Waals surface area contributed by atoms with Crippen LogP contribution in [0, 0.1) is 13.8 Å². The predicted octanol–water partition coefficient (Wildman–Crippen LogP) is 5.07. The molecule has 0 radical (unpaired) electrons. The van der Waals surface area contributed by atoms with Crippen molar-refractivity contribution in [1.29, 1.82) is 0 Å². The zero-order chi connectivity index (χ0) is 19.1. The molecule has 0 aromatic heterocycles. The number of hydrogen-bond donors (Lipinski definition) is 1. The second-order valence-electron chi connectivity index (χ2n) is 6.29. The Kier molecular flexibility index (Phi) is 6.00. The van der Waals surface area contributed by atoms with Gasteiger partial charge in [-0.25, -0.2) is 0 Å². The van der Waals surface area contributed by atoms with Crippen LogP contribution in [0.1, 0.15) is 16.7 Å². The third kappa shape index (κ3) is 5.28. The summed E-state index contributed by atoms with van der Waals surface area (Å²) in [5.41, 5.74) is 4.68. The quantitative estimate of drug-likeness (QED) is 0.625. The zero-order valence-corrected chi connectivity index (χ0v) is 15.5. The van der Waals surface area contributed by atoms with Crippen LogP contribution in [0.3, 0.4) is 0 Å². The van der Waals surface area contributed by atoms with Gasteiger partial charge in [-0.15, -0.1) is 0 Å². The number of nitrogens with zero attached hydrogens (tertiary/aromatic N) is 1. The molecule has 3 aromatic rings. The van der Waals surface area contributed by atoms with E-state index in [1.165, 1.54) is 0 Å². The molecule has 0 bridgehead atoms. The number of benzene rings is 3. The lowest BCUT2D eigenvalue weighted by molar-refractivity contribution is -0.118. The number of para-hydroxylation sites is 2. The molecule has 3 aromatic carbocycles. The summed E-state index contributed by atoms with van der Waals surface area (Å²) in [6.07, 6.45) is 1.76. The number of rotatable bonds is 6. The van der Waals surface area contributed by atoms with Gasteiger partial charge < -0.3 is 10.1 Å². The minimum atomic E-state index is -0.203. The Hall–Kier alpha value is -3.40. The number of carbonyl (C=O) groups excluding carboxylic acids is 1. The highest BCUT2D eigenvalue weighted by Gasteiger charge is 2.06. The average Bonchev–Trinajstić information content (AvgIpc) is 2.66. The highest BCUT2D eigenvalue weighted by molar-refractivity contribution is 5.92. The summed E-state index contributed by atoms with van der Waals surface area (Å²) in [4.78, 5) is 16.7. The molecular formula is C23H22N2O2. The number of carbonyl (C=O) groups is 1. The number of aliphatic imine (C=N–C) groups is 1. The monoisotopic (exact) mass is 358 g/mol. The van der Waals surface area contributed by atoms with E-state index in [4.69, 9.17) is 4.74 Å². The molecule has 0 saturated carbocycles. The molecule has 0 aliphatic carbocycles. The predicted molar refractivity (Wildman–Crippen MR) is 110 cm³/mol. The van der Waals surface area contributed by atoms with Crippen LogP contribution in [0.25, 0.3) is 0 Å². The summed E-state index contributed by atoms with van der Waals surface area (Å²) in [5, 5.41) is 2.84. The van der Waals surface area contributed by atoms with Crippen molar-refractivity contribution >= 4 is 23.5 Å². The molecule has 1 amide bonds. The molecule has 0 aliphatic heterocycles. The lowest BCUT2D eigenvalue weighted by Gasteiger charge is -2.10. The third-order valence-electron chi connectivity index (χ3n) is 4.04. The maximum Gasteiger partial charge on any atom is 0.262 e. The van der Waals surface area contributed by atoms with Crippen molar-refractivity contribution in [1.82, 2.24) is 0 Å². The Morgan fingerprint density at radius 2 is 1.78 bits per heavy atom. The second-order valence-corrected chi connectivity index (χ2v) is 6.29. The van der Waals surface area contributed by atoms with Gasteiger partial charge in [-0.1, -0.05) is 42.5 Å². The van der Waals surface area contributed by atoms with Crippen LogP contribution in [0.15, 0.2) is 77.8 Å². The fourth-order valence-electron chi connectivity index (χ4n) is 2.63. The van der Waals surface area contributed by atoms with Crippen LogP contribution in [0.4, 0.5) is 11.4 Å². The number of ether oxygens (including phenoxy) is 1. The van der Waals surface area contributed by atoms with Crippen LogP contribution in [-0.4, -0.2) is 18.7 Å². The van der Waals surface area contributed by atoms with Gasteiger partial charge in [0.05, 0.1) is 5.69 Å². The molecule has 0 fully saturated rings. The first kappa shape index (κ1) is 18.4. The van der Waals surface area contributed by atoms with Crippen LogP contribution in [0.2, 0.25) is 0 Å². The first-order chi connectivity index (χ1) is 13.1. The molecule has 27 heavy (non-hydrogen) atoms. The Morgan fingerprint density at radius 3 is 2.59 bits per heavy atom. The van der Waals surface area contributed by atoms with Gasteiger partial charge >= 0.3 is 0 Å². The van der Waals surface area contributed by atoms with E-state index < -0.39 is 0 Å². The van der Waals surface area contributed by atoms with Gasteiger partial charge in [0.1, 0.15) is 5.75 Å². The standard InChI is InChI=1S/C23H22N2O2/c1-17-8-7-11-20(14-17)25-23(26)16-27-22-13-6-4-10-19(22)15-24-21-12-5-3-9-18(21)2/h3-15H,16H2,1-2H3,(H,25,26). The number of hydrogen-bond acceptors (Lipinski definition) is 3. The van der Waals surface area contributed by atoms with E-state index in [9.17, 15) is 4.79 Å². The fraction of sp³-hybridized carbons (Fsp3) is 0.130. The van der Waals surface area contributed by atoms with Gasteiger partial charge in [0.15, 0.2) is 6.61 Å². The number of aryl methyl sites for hydroxylation is 2. The molecule has 1 N–H and O–H groups in total. The third-order valence-corrected chi connectivity index (χ3v) is 4.04. The van der Waals surface area contributed by atoms with Crippen molar-refractivity contribution in [3.05, 3.63) is 89.5 Å². The van der Waals surface area contributed by atoms with E-state index in [1.54, 1.807) is 6.21 Å². The van der Waals surface area contributed by atoms with E-state index in [-0.39, 0.29) is 12.5 Å². The summed E-state index contributed by atoms with van der Waals surface area (Å²) < 4.78 is 5.72. The first-order valence-electron chi connectivity index (χ1n) is 8.80. The van der Waals surface area contributed by atoms with Gasteiger partial charge in [0.25, 0.3) is 5.91 Å². The molecule has 4 nitrogen and oxygen atoms in total. The SMILES string of the molecule is Cc1cccc(NC(=O)COc2ccccc2C=Nc2ccccc2C)c1. The molecule has 0 atom stereocenters. The van der Waals surface area contributed by atoms with E-state index in [0.29, 0.717) is 5.75 Å². The lowest BCUT2D eigenvalue weighted by atomic mass is 10.2. The molecule has 0 unspecified atom stereocenters. The zero-order valence-electron chi connectivity index (χ0n) is 15.5. The largest absolute Gasteiger partial charge is 0.483 e. The Labute approximate surface area is 159 Å². The topological polar surface area (TPSA) is 50.7 Å². The molecule has 4 heteroatoms. The normalized spacial score (nSPS) is 10.7. The molecule has 0 heterocycles. The van der Waals surface area contributed by atoms with Gasteiger partial charge in [0, 0.05) is 17.5 Å². The van der Waals surface area contributed by atoms with Crippen molar-refractivity contribution in [2.75, 3.05) is 11.9 Å². The minimum absolute atomic E-state index is 0.0663. The second kappa shape index (κ2) is 8.81. The molecular weight excluding hydrogens is 336 g/mol. The Morgan fingerprint density at radius 1 is 1.00 bits per heavy atom. The van der Waals surface area contributed by atoms with Gasteiger partial charge in [-0.3, -0.25) is 9.79 Å². The summed E-state index contributed by atoms with van der Waals surface area (Å²) in [5.74, 6) is 0.417. The molecule has 136 valence electrons. The van der Waals surface area contributed by atoms with Crippen molar-refractivity contribution in [2.45, 2.75) is 13.8 Å². The van der Waals surface area contributed by atoms with Crippen LogP contribution >= 0.6 is 0 Å².